The van der Waals surface area contributed by atoms with Crippen LogP contribution in [0.5, 0.6) is 0 Å². The van der Waals surface area contributed by atoms with Crippen LogP contribution in [0.2, 0.25) is 0 Å². The zero-order valence-electron chi connectivity index (χ0n) is 9.96. The van der Waals surface area contributed by atoms with Crippen LogP contribution >= 0.6 is 0 Å². The quantitative estimate of drug-likeness (QED) is 0.741. The Balaban J connectivity index is 1.64. The van der Waals surface area contributed by atoms with Gasteiger partial charge >= 0.3 is 0 Å². The summed E-state index contributed by atoms with van der Waals surface area (Å²) in [7, 11) is 1.91. The predicted octanol–water partition coefficient (Wildman–Crippen LogP) is 0.413. The second kappa shape index (κ2) is 4.07. The summed E-state index contributed by atoms with van der Waals surface area (Å²) < 4.78 is 0. The Labute approximate surface area is 100 Å². The molecule has 3 rings (SSSR count). The van der Waals surface area contributed by atoms with Crippen LogP contribution in [-0.2, 0) is 17.9 Å². The van der Waals surface area contributed by atoms with Gasteiger partial charge in [-0.3, -0.25) is 9.69 Å². The molecule has 17 heavy (non-hydrogen) atoms. The first kappa shape index (κ1) is 10.7. The highest BCUT2D eigenvalue weighted by molar-refractivity contribution is 5.78. The van der Waals surface area contributed by atoms with E-state index in [0.717, 1.165) is 31.7 Å². The molecule has 1 unspecified atom stereocenters. The van der Waals surface area contributed by atoms with Crippen molar-refractivity contribution in [2.24, 2.45) is 0 Å². The Hall–Kier alpha value is -1.49. The lowest BCUT2D eigenvalue weighted by molar-refractivity contribution is -0.127. The smallest absolute Gasteiger partial charge is 0.222 e. The second-order valence-corrected chi connectivity index (χ2v) is 4.86. The van der Waals surface area contributed by atoms with Crippen LogP contribution in [0.4, 0.5) is 0 Å². The number of carbonyl (C=O) groups is 1. The Morgan fingerprint density at radius 2 is 2.35 bits per heavy atom. The molecule has 90 valence electrons. The van der Waals surface area contributed by atoms with E-state index in [1.807, 2.05) is 18.1 Å². The van der Waals surface area contributed by atoms with Crippen molar-refractivity contribution < 1.29 is 4.79 Å². The molecule has 0 spiro atoms. The molecule has 5 nitrogen and oxygen atoms in total. The van der Waals surface area contributed by atoms with Crippen molar-refractivity contribution in [3.8, 4) is 0 Å². The molecule has 0 radical (unpaired) electrons. The number of fused-ring (bicyclic) bond motifs is 1. The number of nitrogens with zero attached hydrogens (tertiary/aromatic N) is 4. The fraction of sp³-hybridized carbons (Fsp3) is 0.583. The molecule has 1 aromatic heterocycles. The first-order chi connectivity index (χ1) is 8.24. The summed E-state index contributed by atoms with van der Waals surface area (Å²) in [5.41, 5.74) is 2.35. The molecule has 0 aliphatic carbocycles. The maximum atomic E-state index is 11.5. The number of likely N-dealkylation sites (tertiary alicyclic amines) is 1. The van der Waals surface area contributed by atoms with Crippen molar-refractivity contribution in [2.75, 3.05) is 13.6 Å². The van der Waals surface area contributed by atoms with Gasteiger partial charge in [0.05, 0.1) is 5.69 Å². The van der Waals surface area contributed by atoms with Crippen LogP contribution in [0.25, 0.3) is 0 Å². The Bertz CT molecular complexity index is 423. The molecule has 2 aliphatic rings. The number of hydrogen-bond acceptors (Lipinski definition) is 4. The Kier molecular flexibility index (Phi) is 2.55. The van der Waals surface area contributed by atoms with Gasteiger partial charge in [0.2, 0.25) is 5.91 Å². The summed E-state index contributed by atoms with van der Waals surface area (Å²) in [5, 5.41) is 0. The normalized spacial score (nSPS) is 24.4. The fourth-order valence-corrected chi connectivity index (χ4v) is 2.67. The van der Waals surface area contributed by atoms with E-state index >= 15 is 0 Å². The minimum atomic E-state index is 0.270. The molecule has 2 aliphatic heterocycles. The average Bonchev–Trinajstić information content (AvgIpc) is 2.87. The molecule has 1 aromatic rings. The summed E-state index contributed by atoms with van der Waals surface area (Å²) in [6.07, 6.45) is 5.18. The van der Waals surface area contributed by atoms with Gasteiger partial charge in [-0.1, -0.05) is 0 Å². The summed E-state index contributed by atoms with van der Waals surface area (Å²) in [6, 6.07) is 0.366. The van der Waals surface area contributed by atoms with E-state index < -0.39 is 0 Å². The van der Waals surface area contributed by atoms with Crippen molar-refractivity contribution in [1.82, 2.24) is 19.8 Å². The lowest BCUT2D eigenvalue weighted by Crippen LogP contribution is -2.37. The second-order valence-electron chi connectivity index (χ2n) is 4.86. The van der Waals surface area contributed by atoms with E-state index in [9.17, 15) is 4.79 Å². The van der Waals surface area contributed by atoms with Gasteiger partial charge in [-0.2, -0.15) is 0 Å². The standard InChI is InChI=1S/C12H16N4O/c1-15-10(2-3-12(15)17)6-16-5-9-4-13-8-14-11(9)7-16/h4,8,10H,2-3,5-7H2,1H3. The molecule has 1 atom stereocenters. The van der Waals surface area contributed by atoms with E-state index in [1.54, 1.807) is 6.33 Å². The molecule has 0 bridgehead atoms. The minimum absolute atomic E-state index is 0.270. The van der Waals surface area contributed by atoms with Gasteiger partial charge in [-0.05, 0) is 6.42 Å². The number of carbonyl (C=O) groups excluding carboxylic acids is 1. The Morgan fingerprint density at radius 3 is 3.06 bits per heavy atom. The zero-order valence-corrected chi connectivity index (χ0v) is 9.96. The minimum Gasteiger partial charge on any atom is -0.341 e. The number of likely N-dealkylation sites (N-methyl/N-ethyl adjacent to an activating group) is 1. The SMILES string of the molecule is CN1C(=O)CCC1CN1Cc2cncnc2C1. The summed E-state index contributed by atoms with van der Waals surface area (Å²) >= 11 is 0. The summed E-state index contributed by atoms with van der Waals surface area (Å²) in [5.74, 6) is 0.270. The van der Waals surface area contributed by atoms with Crippen LogP contribution < -0.4 is 0 Å². The first-order valence-electron chi connectivity index (χ1n) is 6.00. The predicted molar refractivity (Wildman–Crippen MR) is 61.9 cm³/mol. The fourth-order valence-electron chi connectivity index (χ4n) is 2.67. The van der Waals surface area contributed by atoms with Crippen molar-refractivity contribution in [1.29, 1.82) is 0 Å². The van der Waals surface area contributed by atoms with Crippen LogP contribution in [-0.4, -0.2) is 45.3 Å². The van der Waals surface area contributed by atoms with Crippen LogP contribution in [0, 0.1) is 0 Å². The topological polar surface area (TPSA) is 49.3 Å². The maximum absolute atomic E-state index is 11.5. The van der Waals surface area contributed by atoms with Crippen LogP contribution in [0.15, 0.2) is 12.5 Å². The van der Waals surface area contributed by atoms with E-state index in [2.05, 4.69) is 14.9 Å². The maximum Gasteiger partial charge on any atom is 0.222 e. The van der Waals surface area contributed by atoms with Crippen molar-refractivity contribution in [3.05, 3.63) is 23.8 Å². The largest absolute Gasteiger partial charge is 0.341 e. The van der Waals surface area contributed by atoms with Crippen molar-refractivity contribution >= 4 is 5.91 Å². The van der Waals surface area contributed by atoms with Crippen LogP contribution in [0.1, 0.15) is 24.1 Å². The highest BCUT2D eigenvalue weighted by Gasteiger charge is 2.31. The third kappa shape index (κ3) is 1.91. The number of rotatable bonds is 2. The monoisotopic (exact) mass is 232 g/mol. The number of aromatic nitrogens is 2. The molecule has 3 heterocycles. The van der Waals surface area contributed by atoms with Crippen molar-refractivity contribution in [2.45, 2.75) is 32.0 Å². The van der Waals surface area contributed by atoms with Gasteiger partial charge in [0.1, 0.15) is 6.33 Å². The van der Waals surface area contributed by atoms with Gasteiger partial charge in [0.15, 0.2) is 0 Å². The molecule has 1 fully saturated rings. The van der Waals surface area contributed by atoms with E-state index in [4.69, 9.17) is 0 Å². The molecule has 5 heteroatoms. The molecule has 0 saturated carbocycles. The van der Waals surface area contributed by atoms with Gasteiger partial charge in [-0.25, -0.2) is 9.97 Å². The Morgan fingerprint density at radius 1 is 1.47 bits per heavy atom. The van der Waals surface area contributed by atoms with Crippen LogP contribution in [0.3, 0.4) is 0 Å². The molecule has 0 aromatic carbocycles. The highest BCUT2D eigenvalue weighted by atomic mass is 16.2. The third-order valence-electron chi connectivity index (χ3n) is 3.75. The molecule has 1 saturated heterocycles. The average molecular weight is 232 g/mol. The third-order valence-corrected chi connectivity index (χ3v) is 3.75. The van der Waals surface area contributed by atoms with Gasteiger partial charge in [-0.15, -0.1) is 0 Å². The molecular weight excluding hydrogens is 216 g/mol. The molecule has 1 amide bonds. The summed E-state index contributed by atoms with van der Waals surface area (Å²) in [6.45, 7) is 2.74. The number of hydrogen-bond donors (Lipinski definition) is 0. The molecular formula is C12H16N4O. The van der Waals surface area contributed by atoms with Gasteiger partial charge in [0, 0.05) is 50.9 Å². The number of amides is 1. The zero-order chi connectivity index (χ0) is 11.8. The van der Waals surface area contributed by atoms with Gasteiger partial charge in [0.25, 0.3) is 0 Å². The van der Waals surface area contributed by atoms with E-state index in [-0.39, 0.29) is 5.91 Å². The van der Waals surface area contributed by atoms with Crippen molar-refractivity contribution in [3.63, 3.8) is 0 Å². The molecule has 0 N–H and O–H groups in total. The highest BCUT2D eigenvalue weighted by Crippen LogP contribution is 2.23. The van der Waals surface area contributed by atoms with Gasteiger partial charge < -0.3 is 4.90 Å². The van der Waals surface area contributed by atoms with E-state index in [1.165, 1.54) is 5.56 Å². The van der Waals surface area contributed by atoms with E-state index in [0.29, 0.717) is 12.5 Å². The lowest BCUT2D eigenvalue weighted by atomic mass is 10.2. The first-order valence-corrected chi connectivity index (χ1v) is 6.00. The summed E-state index contributed by atoms with van der Waals surface area (Å²) in [4.78, 5) is 24.0. The lowest BCUT2D eigenvalue weighted by Gasteiger charge is -2.25.